The fraction of sp³-hybridized carbons (Fsp3) is 0.235. The van der Waals surface area contributed by atoms with Crippen molar-refractivity contribution in [1.82, 2.24) is 25.5 Å². The number of amides is 2. The van der Waals surface area contributed by atoms with Crippen LogP contribution < -0.4 is 10.6 Å². The number of thiophene rings is 1. The predicted octanol–water partition coefficient (Wildman–Crippen LogP) is 2.24. The number of aromatic nitrogens is 4. The van der Waals surface area contributed by atoms with Crippen molar-refractivity contribution < 1.29 is 9.59 Å². The Morgan fingerprint density at radius 3 is 2.81 bits per heavy atom. The number of tetrazole rings is 1. The van der Waals surface area contributed by atoms with Crippen LogP contribution in [0, 0.1) is 6.92 Å². The van der Waals surface area contributed by atoms with Crippen LogP contribution in [0.25, 0.3) is 5.69 Å². The van der Waals surface area contributed by atoms with E-state index in [1.165, 1.54) is 29.3 Å². The van der Waals surface area contributed by atoms with Gasteiger partial charge in [0.2, 0.25) is 11.8 Å². The van der Waals surface area contributed by atoms with Gasteiger partial charge < -0.3 is 10.6 Å². The van der Waals surface area contributed by atoms with Crippen molar-refractivity contribution >= 4 is 28.8 Å². The van der Waals surface area contributed by atoms with Gasteiger partial charge in [0.1, 0.15) is 6.33 Å². The molecule has 3 aromatic rings. The standard InChI is InChI=1S/C17H18N6O2S/c1-11-5-6-13(23-10-18-21-22-23)8-14(11)20-17(25)9-15(19-12(2)24)16-4-3-7-26-16/h3-8,10,15H,9H2,1-2H3,(H,19,24)(H,20,25). The van der Waals surface area contributed by atoms with Crippen molar-refractivity contribution in [2.45, 2.75) is 26.3 Å². The van der Waals surface area contributed by atoms with E-state index < -0.39 is 0 Å². The van der Waals surface area contributed by atoms with Gasteiger partial charge >= 0.3 is 0 Å². The molecule has 0 aliphatic rings. The van der Waals surface area contributed by atoms with Gasteiger partial charge in [0, 0.05) is 17.5 Å². The number of nitrogens with zero attached hydrogens (tertiary/aromatic N) is 4. The van der Waals surface area contributed by atoms with Crippen LogP contribution in [-0.2, 0) is 9.59 Å². The van der Waals surface area contributed by atoms with Gasteiger partial charge in [-0.05, 0) is 46.5 Å². The molecule has 0 radical (unpaired) electrons. The van der Waals surface area contributed by atoms with Crippen LogP contribution in [0.5, 0.6) is 0 Å². The number of rotatable bonds is 6. The van der Waals surface area contributed by atoms with Crippen molar-refractivity contribution in [3.63, 3.8) is 0 Å². The number of aryl methyl sites for hydroxylation is 1. The molecule has 2 heterocycles. The smallest absolute Gasteiger partial charge is 0.226 e. The molecule has 1 aromatic carbocycles. The fourth-order valence-corrected chi connectivity index (χ4v) is 3.29. The second-order valence-corrected chi connectivity index (χ2v) is 6.75. The van der Waals surface area contributed by atoms with Gasteiger partial charge in [-0.3, -0.25) is 9.59 Å². The Morgan fingerprint density at radius 2 is 2.15 bits per heavy atom. The van der Waals surface area contributed by atoms with Gasteiger partial charge in [-0.1, -0.05) is 12.1 Å². The van der Waals surface area contributed by atoms with Crippen LogP contribution in [0.2, 0.25) is 0 Å². The van der Waals surface area contributed by atoms with Crippen molar-refractivity contribution in [2.75, 3.05) is 5.32 Å². The monoisotopic (exact) mass is 370 g/mol. The summed E-state index contributed by atoms with van der Waals surface area (Å²) < 4.78 is 1.51. The summed E-state index contributed by atoms with van der Waals surface area (Å²) in [5.74, 6) is -0.359. The van der Waals surface area contributed by atoms with Crippen LogP contribution in [-0.4, -0.2) is 32.0 Å². The van der Waals surface area contributed by atoms with Gasteiger partial charge in [0.15, 0.2) is 0 Å². The van der Waals surface area contributed by atoms with E-state index in [1.54, 1.807) is 0 Å². The maximum Gasteiger partial charge on any atom is 0.226 e. The van der Waals surface area contributed by atoms with E-state index >= 15 is 0 Å². The number of carbonyl (C=O) groups is 2. The molecule has 134 valence electrons. The van der Waals surface area contributed by atoms with E-state index in [0.29, 0.717) is 5.69 Å². The molecule has 0 spiro atoms. The Kier molecular flexibility index (Phi) is 5.37. The lowest BCUT2D eigenvalue weighted by molar-refractivity contribution is -0.120. The lowest BCUT2D eigenvalue weighted by Crippen LogP contribution is -2.29. The van der Waals surface area contributed by atoms with E-state index in [2.05, 4.69) is 26.2 Å². The summed E-state index contributed by atoms with van der Waals surface area (Å²) in [6.45, 7) is 3.35. The highest BCUT2D eigenvalue weighted by molar-refractivity contribution is 7.10. The molecular weight excluding hydrogens is 352 g/mol. The molecule has 0 saturated carbocycles. The number of benzene rings is 1. The maximum absolute atomic E-state index is 12.5. The average molecular weight is 370 g/mol. The van der Waals surface area contributed by atoms with Crippen LogP contribution >= 0.6 is 11.3 Å². The summed E-state index contributed by atoms with van der Waals surface area (Å²) in [6, 6.07) is 9.01. The van der Waals surface area contributed by atoms with Crippen LogP contribution in [0.15, 0.2) is 42.0 Å². The lowest BCUT2D eigenvalue weighted by Gasteiger charge is -2.17. The quantitative estimate of drug-likeness (QED) is 0.693. The molecule has 0 aliphatic heterocycles. The summed E-state index contributed by atoms with van der Waals surface area (Å²) in [4.78, 5) is 24.9. The third kappa shape index (κ3) is 4.31. The molecule has 1 unspecified atom stereocenters. The van der Waals surface area contributed by atoms with Gasteiger partial charge in [-0.2, -0.15) is 0 Å². The molecule has 0 aliphatic carbocycles. The second-order valence-electron chi connectivity index (χ2n) is 5.77. The van der Waals surface area contributed by atoms with Gasteiger partial charge in [0.25, 0.3) is 0 Å². The third-order valence-electron chi connectivity index (χ3n) is 3.76. The van der Waals surface area contributed by atoms with Crippen molar-refractivity contribution in [2.24, 2.45) is 0 Å². The first-order valence-corrected chi connectivity index (χ1v) is 8.85. The van der Waals surface area contributed by atoms with Crippen LogP contribution in [0.3, 0.4) is 0 Å². The molecule has 9 heteroatoms. The Balaban J connectivity index is 1.74. The van der Waals surface area contributed by atoms with Crippen LogP contribution in [0.4, 0.5) is 5.69 Å². The highest BCUT2D eigenvalue weighted by Gasteiger charge is 2.18. The van der Waals surface area contributed by atoms with E-state index in [0.717, 1.165) is 16.1 Å². The molecule has 2 amide bonds. The topological polar surface area (TPSA) is 102 Å². The minimum atomic E-state index is -0.351. The van der Waals surface area contributed by atoms with E-state index in [-0.39, 0.29) is 24.3 Å². The highest BCUT2D eigenvalue weighted by atomic mass is 32.1. The average Bonchev–Trinajstić information content (AvgIpc) is 3.29. The lowest BCUT2D eigenvalue weighted by atomic mass is 10.1. The van der Waals surface area contributed by atoms with Crippen LogP contribution in [0.1, 0.15) is 29.8 Å². The van der Waals surface area contributed by atoms with Gasteiger partial charge in [-0.15, -0.1) is 16.4 Å². The SMILES string of the molecule is CC(=O)NC(CC(=O)Nc1cc(-n2cnnn2)ccc1C)c1cccs1. The third-order valence-corrected chi connectivity index (χ3v) is 4.75. The summed E-state index contributed by atoms with van der Waals surface area (Å²) in [7, 11) is 0. The fourth-order valence-electron chi connectivity index (χ4n) is 2.51. The minimum Gasteiger partial charge on any atom is -0.348 e. The van der Waals surface area contributed by atoms with E-state index in [4.69, 9.17) is 0 Å². The molecule has 8 nitrogen and oxygen atoms in total. The van der Waals surface area contributed by atoms with Crippen molar-refractivity contribution in [3.05, 3.63) is 52.5 Å². The number of nitrogens with one attached hydrogen (secondary N) is 2. The summed E-state index contributed by atoms with van der Waals surface area (Å²) >= 11 is 1.50. The van der Waals surface area contributed by atoms with Crippen molar-refractivity contribution in [1.29, 1.82) is 0 Å². The maximum atomic E-state index is 12.5. The second kappa shape index (κ2) is 7.87. The summed E-state index contributed by atoms with van der Waals surface area (Å²) in [5.41, 5.74) is 2.34. The Morgan fingerprint density at radius 1 is 1.31 bits per heavy atom. The zero-order chi connectivity index (χ0) is 18.5. The molecular formula is C17H18N6O2S. The molecule has 2 aromatic heterocycles. The molecule has 1 atom stereocenters. The van der Waals surface area contributed by atoms with E-state index in [9.17, 15) is 9.59 Å². The Hall–Kier alpha value is -3.07. The van der Waals surface area contributed by atoms with Gasteiger partial charge in [-0.25, -0.2) is 4.68 Å². The minimum absolute atomic E-state index is 0.147. The number of carbonyl (C=O) groups excluding carboxylic acids is 2. The Bertz CT molecular complexity index is 892. The molecule has 3 rings (SSSR count). The zero-order valence-corrected chi connectivity index (χ0v) is 15.2. The molecule has 0 fully saturated rings. The summed E-state index contributed by atoms with van der Waals surface area (Å²) in [5, 5.41) is 18.7. The largest absolute Gasteiger partial charge is 0.348 e. The molecule has 26 heavy (non-hydrogen) atoms. The summed E-state index contributed by atoms with van der Waals surface area (Å²) in [6.07, 6.45) is 1.63. The number of hydrogen-bond donors (Lipinski definition) is 2. The first-order valence-electron chi connectivity index (χ1n) is 7.97. The predicted molar refractivity (Wildman–Crippen MR) is 98.0 cm³/mol. The zero-order valence-electron chi connectivity index (χ0n) is 14.3. The molecule has 0 saturated heterocycles. The number of anilines is 1. The normalized spacial score (nSPS) is 11.8. The first kappa shape index (κ1) is 17.7. The molecule has 2 N–H and O–H groups in total. The number of hydrogen-bond acceptors (Lipinski definition) is 6. The Labute approximate surface area is 154 Å². The van der Waals surface area contributed by atoms with E-state index in [1.807, 2.05) is 42.6 Å². The molecule has 0 bridgehead atoms. The first-order chi connectivity index (χ1) is 12.5. The van der Waals surface area contributed by atoms with Crippen molar-refractivity contribution in [3.8, 4) is 5.69 Å². The van der Waals surface area contributed by atoms with Gasteiger partial charge in [0.05, 0.1) is 18.2 Å². The highest BCUT2D eigenvalue weighted by Crippen LogP contribution is 2.24.